The second-order valence-electron chi connectivity index (χ2n) is 8.30. The second-order valence-corrected chi connectivity index (χ2v) is 8.30. The Kier molecular flexibility index (Phi) is 10.5. The fraction of sp³-hybridized carbons (Fsp3) is 1.00. The third-order valence-electron chi connectivity index (χ3n) is 6.50. The molecule has 1 fully saturated rings. The molecule has 0 spiro atoms. The Balaban J connectivity index is 2.43. The van der Waals surface area contributed by atoms with Gasteiger partial charge in [-0.05, 0) is 62.2 Å². The lowest BCUT2D eigenvalue weighted by molar-refractivity contribution is 0.105. The van der Waals surface area contributed by atoms with E-state index in [1.807, 2.05) is 0 Å². The van der Waals surface area contributed by atoms with E-state index < -0.39 is 0 Å². The summed E-state index contributed by atoms with van der Waals surface area (Å²) in [6.07, 6.45) is 22.1. The van der Waals surface area contributed by atoms with Crippen molar-refractivity contribution in [2.75, 3.05) is 0 Å². The molecule has 1 atom stereocenters. The maximum atomic E-state index is 2.41. The Bertz CT molecular complexity index is 237. The van der Waals surface area contributed by atoms with Crippen LogP contribution in [0.1, 0.15) is 124 Å². The number of hydrogen-bond donors (Lipinski definition) is 0. The average molecular weight is 309 g/mol. The minimum absolute atomic E-state index is 0.744. The van der Waals surface area contributed by atoms with Crippen molar-refractivity contribution in [3.05, 3.63) is 0 Å². The van der Waals surface area contributed by atoms with Crippen LogP contribution in [0.25, 0.3) is 0 Å². The molecule has 132 valence electrons. The SMILES string of the molecule is CCCCC(CC)CC1CCC(CCCC)(CCCC)CC1. The first-order valence-corrected chi connectivity index (χ1v) is 10.7. The van der Waals surface area contributed by atoms with Gasteiger partial charge in [0.15, 0.2) is 0 Å². The maximum absolute atomic E-state index is 2.41. The average Bonchev–Trinajstić information content (AvgIpc) is 2.56. The third kappa shape index (κ3) is 7.05. The zero-order chi connectivity index (χ0) is 16.3. The zero-order valence-electron chi connectivity index (χ0n) is 16.3. The minimum Gasteiger partial charge on any atom is -0.0654 e. The van der Waals surface area contributed by atoms with Gasteiger partial charge in [0.25, 0.3) is 0 Å². The summed E-state index contributed by atoms with van der Waals surface area (Å²) in [5, 5.41) is 0. The molecular formula is C22H44. The largest absolute Gasteiger partial charge is 0.0654 e. The molecule has 1 rings (SSSR count). The molecule has 0 heterocycles. The van der Waals surface area contributed by atoms with E-state index in [0.717, 1.165) is 17.3 Å². The molecule has 0 saturated heterocycles. The molecule has 0 aromatic carbocycles. The van der Waals surface area contributed by atoms with E-state index in [4.69, 9.17) is 0 Å². The van der Waals surface area contributed by atoms with Gasteiger partial charge in [-0.1, -0.05) is 79.1 Å². The molecule has 1 aliphatic carbocycles. The monoisotopic (exact) mass is 308 g/mol. The molecule has 0 radical (unpaired) electrons. The van der Waals surface area contributed by atoms with Gasteiger partial charge in [0.05, 0.1) is 0 Å². The van der Waals surface area contributed by atoms with Crippen LogP contribution < -0.4 is 0 Å². The van der Waals surface area contributed by atoms with Crippen molar-refractivity contribution in [1.82, 2.24) is 0 Å². The Morgan fingerprint density at radius 1 is 0.818 bits per heavy atom. The van der Waals surface area contributed by atoms with Crippen molar-refractivity contribution in [2.24, 2.45) is 17.3 Å². The Morgan fingerprint density at radius 2 is 1.36 bits per heavy atom. The molecule has 0 heteroatoms. The number of hydrogen-bond acceptors (Lipinski definition) is 0. The van der Waals surface area contributed by atoms with Crippen LogP contribution in [-0.4, -0.2) is 0 Å². The molecule has 0 nitrogen and oxygen atoms in total. The highest BCUT2D eigenvalue weighted by Gasteiger charge is 2.34. The molecule has 0 bridgehead atoms. The fourth-order valence-corrected chi connectivity index (χ4v) is 4.71. The molecule has 0 aliphatic heterocycles. The molecule has 1 unspecified atom stereocenters. The molecule has 0 aromatic rings. The van der Waals surface area contributed by atoms with Gasteiger partial charge < -0.3 is 0 Å². The van der Waals surface area contributed by atoms with Gasteiger partial charge in [-0.2, -0.15) is 0 Å². The molecule has 0 aromatic heterocycles. The molecule has 1 aliphatic rings. The van der Waals surface area contributed by atoms with Crippen molar-refractivity contribution in [1.29, 1.82) is 0 Å². The van der Waals surface area contributed by atoms with Crippen molar-refractivity contribution >= 4 is 0 Å². The van der Waals surface area contributed by atoms with Crippen LogP contribution in [0.3, 0.4) is 0 Å². The minimum atomic E-state index is 0.744. The highest BCUT2D eigenvalue weighted by atomic mass is 14.4. The van der Waals surface area contributed by atoms with Crippen LogP contribution in [0.5, 0.6) is 0 Å². The van der Waals surface area contributed by atoms with E-state index in [9.17, 15) is 0 Å². The van der Waals surface area contributed by atoms with Crippen LogP contribution in [0.4, 0.5) is 0 Å². The van der Waals surface area contributed by atoms with Gasteiger partial charge in [-0.3, -0.25) is 0 Å². The Morgan fingerprint density at radius 3 is 1.82 bits per heavy atom. The van der Waals surface area contributed by atoms with Crippen molar-refractivity contribution in [3.63, 3.8) is 0 Å². The van der Waals surface area contributed by atoms with Crippen LogP contribution in [-0.2, 0) is 0 Å². The van der Waals surface area contributed by atoms with Gasteiger partial charge in [-0.15, -0.1) is 0 Å². The molecule has 22 heavy (non-hydrogen) atoms. The van der Waals surface area contributed by atoms with E-state index in [1.54, 1.807) is 12.8 Å². The van der Waals surface area contributed by atoms with E-state index in [0.29, 0.717) is 0 Å². The van der Waals surface area contributed by atoms with Gasteiger partial charge >= 0.3 is 0 Å². The topological polar surface area (TPSA) is 0 Å². The Labute approximate surface area is 141 Å². The highest BCUT2D eigenvalue weighted by Crippen LogP contribution is 2.47. The lowest BCUT2D eigenvalue weighted by Gasteiger charge is -2.41. The van der Waals surface area contributed by atoms with E-state index in [-0.39, 0.29) is 0 Å². The maximum Gasteiger partial charge on any atom is -0.0297 e. The van der Waals surface area contributed by atoms with Crippen molar-refractivity contribution < 1.29 is 0 Å². The summed E-state index contributed by atoms with van der Waals surface area (Å²) in [5.41, 5.74) is 0.744. The first-order valence-electron chi connectivity index (χ1n) is 10.7. The van der Waals surface area contributed by atoms with Crippen molar-refractivity contribution in [2.45, 2.75) is 124 Å². The summed E-state index contributed by atoms with van der Waals surface area (Å²) in [4.78, 5) is 0. The summed E-state index contributed by atoms with van der Waals surface area (Å²) < 4.78 is 0. The predicted octanol–water partition coefficient (Wildman–Crippen LogP) is 8.15. The van der Waals surface area contributed by atoms with E-state index in [2.05, 4.69) is 27.7 Å². The molecular weight excluding hydrogens is 264 g/mol. The summed E-state index contributed by atoms with van der Waals surface area (Å²) in [6, 6.07) is 0. The van der Waals surface area contributed by atoms with Gasteiger partial charge in [0.1, 0.15) is 0 Å². The summed E-state index contributed by atoms with van der Waals surface area (Å²) in [6.45, 7) is 9.47. The third-order valence-corrected chi connectivity index (χ3v) is 6.50. The number of unbranched alkanes of at least 4 members (excludes halogenated alkanes) is 3. The first-order chi connectivity index (χ1) is 10.7. The van der Waals surface area contributed by atoms with Crippen molar-refractivity contribution in [3.8, 4) is 0 Å². The van der Waals surface area contributed by atoms with Gasteiger partial charge in [0.2, 0.25) is 0 Å². The smallest absolute Gasteiger partial charge is 0.0297 e. The summed E-state index contributed by atoms with van der Waals surface area (Å²) in [7, 11) is 0. The predicted molar refractivity (Wildman–Crippen MR) is 101 cm³/mol. The molecule has 0 amide bonds. The normalized spacial score (nSPS) is 20.2. The quantitative estimate of drug-likeness (QED) is 0.341. The highest BCUT2D eigenvalue weighted by molar-refractivity contribution is 4.86. The lowest BCUT2D eigenvalue weighted by atomic mass is 9.64. The molecule has 0 N–H and O–H groups in total. The van der Waals surface area contributed by atoms with Gasteiger partial charge in [0, 0.05) is 0 Å². The molecule has 1 saturated carbocycles. The second kappa shape index (κ2) is 11.5. The first kappa shape index (κ1) is 20.0. The zero-order valence-corrected chi connectivity index (χ0v) is 16.3. The standard InChI is InChI=1S/C22H44/c1-5-9-12-20(8-4)19-21-13-17-22(18-14-21,15-10-6-2)16-11-7-3/h20-21H,5-19H2,1-4H3. The van der Waals surface area contributed by atoms with Crippen LogP contribution >= 0.6 is 0 Å². The van der Waals surface area contributed by atoms with Crippen LogP contribution in [0, 0.1) is 17.3 Å². The summed E-state index contributed by atoms with van der Waals surface area (Å²) in [5.74, 6) is 2.07. The lowest BCUT2D eigenvalue weighted by Crippen LogP contribution is -2.28. The van der Waals surface area contributed by atoms with E-state index in [1.165, 1.54) is 83.5 Å². The van der Waals surface area contributed by atoms with E-state index >= 15 is 0 Å². The van der Waals surface area contributed by atoms with Crippen LogP contribution in [0.2, 0.25) is 0 Å². The number of rotatable bonds is 12. The van der Waals surface area contributed by atoms with Crippen LogP contribution in [0.15, 0.2) is 0 Å². The fourth-order valence-electron chi connectivity index (χ4n) is 4.71. The van der Waals surface area contributed by atoms with Gasteiger partial charge in [-0.25, -0.2) is 0 Å². The summed E-state index contributed by atoms with van der Waals surface area (Å²) >= 11 is 0. The Hall–Kier alpha value is 0.